The number of nitrogen functional groups attached to an aromatic ring is 1. The summed E-state index contributed by atoms with van der Waals surface area (Å²) < 4.78 is 11.5. The lowest BCUT2D eigenvalue weighted by Gasteiger charge is -2.09. The van der Waals surface area contributed by atoms with E-state index in [0.29, 0.717) is 33.5 Å². The van der Waals surface area contributed by atoms with Crippen molar-refractivity contribution in [2.24, 2.45) is 0 Å². The summed E-state index contributed by atoms with van der Waals surface area (Å²) in [6, 6.07) is 21.6. The number of rotatable bonds is 4. The molecule has 0 aliphatic heterocycles. The quantitative estimate of drug-likeness (QED) is 0.536. The fourth-order valence-electron chi connectivity index (χ4n) is 2.98. The molecule has 0 radical (unpaired) electrons. The number of nitriles is 1. The number of anilines is 1. The first-order chi connectivity index (χ1) is 13.7. The van der Waals surface area contributed by atoms with E-state index in [9.17, 15) is 4.79 Å². The monoisotopic (exact) mass is 368 g/mol. The highest BCUT2D eigenvalue weighted by molar-refractivity contribution is 5.82. The van der Waals surface area contributed by atoms with Gasteiger partial charge < -0.3 is 14.9 Å². The molecule has 2 N–H and O–H groups in total. The minimum absolute atomic E-state index is 0.118. The van der Waals surface area contributed by atoms with Crippen molar-refractivity contribution in [3.63, 3.8) is 0 Å². The Hall–Kier alpha value is -4.04. The fourth-order valence-corrected chi connectivity index (χ4v) is 2.98. The van der Waals surface area contributed by atoms with Gasteiger partial charge in [-0.25, -0.2) is 0 Å². The normalized spacial score (nSPS) is 10.5. The molecule has 136 valence electrons. The minimum atomic E-state index is -0.118. The summed E-state index contributed by atoms with van der Waals surface area (Å²) in [6.45, 7) is 0.253. The number of hydrogen-bond acceptors (Lipinski definition) is 5. The molecule has 0 spiro atoms. The van der Waals surface area contributed by atoms with Gasteiger partial charge in [-0.3, -0.25) is 4.79 Å². The molecule has 4 rings (SSSR count). The maximum absolute atomic E-state index is 12.8. The van der Waals surface area contributed by atoms with Crippen LogP contribution in [0.1, 0.15) is 11.1 Å². The van der Waals surface area contributed by atoms with E-state index >= 15 is 0 Å². The van der Waals surface area contributed by atoms with Gasteiger partial charge in [0.1, 0.15) is 24.2 Å². The highest BCUT2D eigenvalue weighted by Crippen LogP contribution is 2.24. The van der Waals surface area contributed by atoms with Crippen molar-refractivity contribution in [3.8, 4) is 22.9 Å². The molecule has 0 aliphatic carbocycles. The molecule has 0 amide bonds. The summed E-state index contributed by atoms with van der Waals surface area (Å²) in [5.41, 5.74) is 9.25. The maximum Gasteiger partial charge on any atom is 0.200 e. The van der Waals surface area contributed by atoms with Crippen molar-refractivity contribution in [3.05, 3.63) is 94.3 Å². The highest BCUT2D eigenvalue weighted by atomic mass is 16.5. The predicted molar refractivity (Wildman–Crippen MR) is 108 cm³/mol. The van der Waals surface area contributed by atoms with Crippen LogP contribution < -0.4 is 15.9 Å². The lowest BCUT2D eigenvalue weighted by Crippen LogP contribution is -2.05. The van der Waals surface area contributed by atoms with Crippen LogP contribution >= 0.6 is 0 Å². The van der Waals surface area contributed by atoms with Crippen molar-refractivity contribution in [1.29, 1.82) is 5.26 Å². The Balaban J connectivity index is 1.63. The molecule has 0 atom stereocenters. The first-order valence-electron chi connectivity index (χ1n) is 8.68. The van der Waals surface area contributed by atoms with Gasteiger partial charge in [0.25, 0.3) is 0 Å². The molecule has 5 heteroatoms. The second kappa shape index (κ2) is 7.29. The number of hydrogen-bond donors (Lipinski definition) is 1. The van der Waals surface area contributed by atoms with Gasteiger partial charge in [0.2, 0.25) is 0 Å². The molecular formula is C23H16N2O3. The Bertz CT molecular complexity index is 1250. The summed E-state index contributed by atoms with van der Waals surface area (Å²) in [5, 5.41) is 9.63. The van der Waals surface area contributed by atoms with Crippen molar-refractivity contribution < 1.29 is 9.15 Å². The van der Waals surface area contributed by atoms with Gasteiger partial charge in [0.15, 0.2) is 5.43 Å². The van der Waals surface area contributed by atoms with Crippen LogP contribution in [0.2, 0.25) is 0 Å². The average molecular weight is 368 g/mol. The van der Waals surface area contributed by atoms with E-state index in [-0.39, 0.29) is 12.0 Å². The number of benzene rings is 3. The molecule has 3 aromatic carbocycles. The van der Waals surface area contributed by atoms with Crippen molar-refractivity contribution in [2.75, 3.05) is 5.73 Å². The van der Waals surface area contributed by atoms with Crippen LogP contribution in [0.4, 0.5) is 5.69 Å². The Morgan fingerprint density at radius 2 is 1.82 bits per heavy atom. The third-order valence-electron chi connectivity index (χ3n) is 4.50. The average Bonchev–Trinajstić information content (AvgIpc) is 2.73. The molecule has 0 bridgehead atoms. The molecule has 1 aromatic heterocycles. The zero-order valence-electron chi connectivity index (χ0n) is 14.9. The Kier molecular flexibility index (Phi) is 4.53. The van der Waals surface area contributed by atoms with E-state index in [1.54, 1.807) is 48.5 Å². The second-order valence-corrected chi connectivity index (χ2v) is 6.32. The van der Waals surface area contributed by atoms with Crippen molar-refractivity contribution in [1.82, 2.24) is 0 Å². The van der Waals surface area contributed by atoms with Gasteiger partial charge in [-0.15, -0.1) is 0 Å². The molecular weight excluding hydrogens is 352 g/mol. The highest BCUT2D eigenvalue weighted by Gasteiger charge is 2.10. The molecule has 4 aromatic rings. The van der Waals surface area contributed by atoms with Crippen LogP contribution in [0, 0.1) is 11.3 Å². The molecule has 28 heavy (non-hydrogen) atoms. The molecule has 5 nitrogen and oxygen atoms in total. The van der Waals surface area contributed by atoms with E-state index < -0.39 is 0 Å². The fraction of sp³-hybridized carbons (Fsp3) is 0.0435. The SMILES string of the molecule is N#Cc1ccccc1COc1ccc2c(=O)c(-c3ccc(N)cc3)coc2c1. The van der Waals surface area contributed by atoms with E-state index in [1.807, 2.05) is 18.2 Å². The Labute approximate surface area is 161 Å². The van der Waals surface area contributed by atoms with Crippen LogP contribution in [0.25, 0.3) is 22.1 Å². The smallest absolute Gasteiger partial charge is 0.200 e. The molecule has 1 heterocycles. The van der Waals surface area contributed by atoms with Gasteiger partial charge in [-0.2, -0.15) is 5.26 Å². The number of nitrogens with zero attached hydrogens (tertiary/aromatic N) is 1. The van der Waals surface area contributed by atoms with Gasteiger partial charge in [-0.05, 0) is 35.9 Å². The van der Waals surface area contributed by atoms with E-state index in [1.165, 1.54) is 6.26 Å². The number of nitrogens with two attached hydrogens (primary N) is 1. The Morgan fingerprint density at radius 1 is 1.04 bits per heavy atom. The molecule has 0 saturated carbocycles. The minimum Gasteiger partial charge on any atom is -0.489 e. The first kappa shape index (κ1) is 17.4. The standard InChI is InChI=1S/C23H16N2O3/c24-12-16-3-1-2-4-17(16)13-27-19-9-10-20-22(11-19)28-14-21(23(20)26)15-5-7-18(25)8-6-15/h1-11,14H,13,25H2. The van der Waals surface area contributed by atoms with Crippen LogP contribution in [0.15, 0.2) is 82.2 Å². The largest absolute Gasteiger partial charge is 0.489 e. The zero-order chi connectivity index (χ0) is 19.5. The van der Waals surface area contributed by atoms with Crippen molar-refractivity contribution >= 4 is 16.7 Å². The molecule has 0 aliphatic rings. The molecule has 0 fully saturated rings. The summed E-state index contributed by atoms with van der Waals surface area (Å²) in [6.07, 6.45) is 1.45. The van der Waals surface area contributed by atoms with Gasteiger partial charge in [-0.1, -0.05) is 30.3 Å². The third-order valence-corrected chi connectivity index (χ3v) is 4.50. The van der Waals surface area contributed by atoms with Crippen LogP contribution in [0.3, 0.4) is 0 Å². The topological polar surface area (TPSA) is 89.2 Å². The van der Waals surface area contributed by atoms with Gasteiger partial charge in [0.05, 0.1) is 22.6 Å². The van der Waals surface area contributed by atoms with Crippen LogP contribution in [0.5, 0.6) is 5.75 Å². The summed E-state index contributed by atoms with van der Waals surface area (Å²) >= 11 is 0. The second-order valence-electron chi connectivity index (χ2n) is 6.32. The molecule has 0 unspecified atom stereocenters. The van der Waals surface area contributed by atoms with Crippen LogP contribution in [-0.2, 0) is 6.61 Å². The summed E-state index contributed by atoms with van der Waals surface area (Å²) in [4.78, 5) is 12.8. The Morgan fingerprint density at radius 3 is 2.61 bits per heavy atom. The van der Waals surface area contributed by atoms with Crippen molar-refractivity contribution in [2.45, 2.75) is 6.61 Å². The summed E-state index contributed by atoms with van der Waals surface area (Å²) in [7, 11) is 0. The van der Waals surface area contributed by atoms with Crippen LogP contribution in [-0.4, -0.2) is 0 Å². The van der Waals surface area contributed by atoms with E-state index in [4.69, 9.17) is 20.1 Å². The lowest BCUT2D eigenvalue weighted by atomic mass is 10.1. The third kappa shape index (κ3) is 3.31. The zero-order valence-corrected chi connectivity index (χ0v) is 14.9. The first-order valence-corrected chi connectivity index (χ1v) is 8.68. The predicted octanol–water partition coefficient (Wildman–Crippen LogP) is 4.49. The lowest BCUT2D eigenvalue weighted by molar-refractivity contribution is 0.306. The number of ether oxygens (including phenoxy) is 1. The van der Waals surface area contributed by atoms with Gasteiger partial charge in [0, 0.05) is 17.3 Å². The van der Waals surface area contributed by atoms with Gasteiger partial charge >= 0.3 is 0 Å². The maximum atomic E-state index is 12.8. The van der Waals surface area contributed by atoms with E-state index in [0.717, 1.165) is 11.1 Å². The number of fused-ring (bicyclic) bond motifs is 1. The van der Waals surface area contributed by atoms with E-state index in [2.05, 4.69) is 6.07 Å². The summed E-state index contributed by atoms with van der Waals surface area (Å²) in [5.74, 6) is 0.559. The molecule has 0 saturated heterocycles.